The monoisotopic (exact) mass is 191 g/mol. The molecule has 0 aliphatic carbocycles. The first kappa shape index (κ1) is 8.81. The van der Waals surface area contributed by atoms with E-state index in [9.17, 15) is 8.78 Å². The van der Waals surface area contributed by atoms with E-state index in [4.69, 9.17) is 0 Å². The van der Waals surface area contributed by atoms with Crippen molar-refractivity contribution < 1.29 is 8.78 Å². The third-order valence-electron chi connectivity index (χ3n) is 1.86. The molecule has 0 atom stereocenters. The lowest BCUT2D eigenvalue weighted by molar-refractivity contribution is 0.576. The second-order valence-corrected chi connectivity index (χ2v) is 2.85. The van der Waals surface area contributed by atoms with Crippen molar-refractivity contribution in [2.75, 3.05) is 0 Å². The predicted molar refractivity (Wildman–Crippen MR) is 49.6 cm³/mol. The van der Waals surface area contributed by atoms with Crippen LogP contribution in [0.5, 0.6) is 0 Å². The van der Waals surface area contributed by atoms with Gasteiger partial charge in [0.1, 0.15) is 11.5 Å². The number of nitrogens with zero attached hydrogens (tertiary/aromatic N) is 1. The molecule has 0 aliphatic heterocycles. The van der Waals surface area contributed by atoms with Gasteiger partial charge in [-0.2, -0.15) is 0 Å². The number of aromatic nitrogens is 1. The maximum Gasteiger partial charge on any atom is 0.152 e. The van der Waals surface area contributed by atoms with Gasteiger partial charge in [-0.15, -0.1) is 0 Å². The molecule has 14 heavy (non-hydrogen) atoms. The zero-order chi connectivity index (χ0) is 9.97. The highest BCUT2D eigenvalue weighted by atomic mass is 19.1. The zero-order valence-electron chi connectivity index (χ0n) is 7.24. The minimum atomic E-state index is -0.665. The normalized spacial score (nSPS) is 10.1. The molecule has 0 radical (unpaired) electrons. The van der Waals surface area contributed by atoms with Crippen molar-refractivity contribution in [3.8, 4) is 11.3 Å². The Morgan fingerprint density at radius 3 is 2.36 bits per heavy atom. The summed E-state index contributed by atoms with van der Waals surface area (Å²) < 4.78 is 25.8. The second-order valence-electron chi connectivity index (χ2n) is 2.85. The molecule has 0 saturated heterocycles. The molecule has 0 amide bonds. The van der Waals surface area contributed by atoms with Crippen LogP contribution in [-0.2, 0) is 0 Å². The van der Waals surface area contributed by atoms with Gasteiger partial charge in [-0.1, -0.05) is 30.3 Å². The summed E-state index contributed by atoms with van der Waals surface area (Å²) in [6.07, 6.45) is 1.01. The fourth-order valence-corrected chi connectivity index (χ4v) is 1.22. The molecule has 0 saturated carbocycles. The van der Waals surface area contributed by atoms with Gasteiger partial charge in [-0.3, -0.25) is 4.98 Å². The summed E-state index contributed by atoms with van der Waals surface area (Å²) in [6.45, 7) is 0. The molecule has 0 aliphatic rings. The minimum absolute atomic E-state index is 0.173. The summed E-state index contributed by atoms with van der Waals surface area (Å²) in [5.41, 5.74) is 0.817. The Balaban J connectivity index is 2.53. The van der Waals surface area contributed by atoms with E-state index in [1.807, 2.05) is 6.07 Å². The highest BCUT2D eigenvalue weighted by Gasteiger charge is 2.06. The van der Waals surface area contributed by atoms with Crippen molar-refractivity contribution >= 4 is 0 Å². The molecule has 2 rings (SSSR count). The lowest BCUT2D eigenvalue weighted by atomic mass is 10.1. The van der Waals surface area contributed by atoms with E-state index < -0.39 is 11.6 Å². The number of rotatable bonds is 1. The Hall–Kier alpha value is -1.77. The standard InChI is InChI=1S/C11H7F2N/c12-9-6-10(13)11(14-7-9)8-4-2-1-3-5-8/h1-7H. The molecule has 0 fully saturated rings. The fraction of sp³-hybridized carbons (Fsp3) is 0. The Kier molecular flexibility index (Phi) is 2.23. The van der Waals surface area contributed by atoms with Crippen molar-refractivity contribution in [2.45, 2.75) is 0 Å². The maximum absolute atomic E-state index is 13.2. The zero-order valence-corrected chi connectivity index (χ0v) is 7.24. The van der Waals surface area contributed by atoms with Crippen LogP contribution in [0.25, 0.3) is 11.3 Å². The molecular weight excluding hydrogens is 184 g/mol. The van der Waals surface area contributed by atoms with Gasteiger partial charge in [0.2, 0.25) is 0 Å². The van der Waals surface area contributed by atoms with Crippen LogP contribution in [0.15, 0.2) is 42.6 Å². The van der Waals surface area contributed by atoms with Crippen molar-refractivity contribution in [1.29, 1.82) is 0 Å². The highest BCUT2D eigenvalue weighted by Crippen LogP contribution is 2.19. The summed E-state index contributed by atoms with van der Waals surface area (Å²) in [7, 11) is 0. The van der Waals surface area contributed by atoms with Crippen LogP contribution in [0.4, 0.5) is 8.78 Å². The molecule has 0 bridgehead atoms. The summed E-state index contributed by atoms with van der Waals surface area (Å²) >= 11 is 0. The van der Waals surface area contributed by atoms with Gasteiger partial charge in [0.15, 0.2) is 5.82 Å². The highest BCUT2D eigenvalue weighted by molar-refractivity contribution is 5.59. The molecule has 3 heteroatoms. The van der Waals surface area contributed by atoms with Crippen LogP contribution >= 0.6 is 0 Å². The third kappa shape index (κ3) is 1.62. The summed E-state index contributed by atoms with van der Waals surface area (Å²) in [5, 5.41) is 0. The molecule has 0 unspecified atom stereocenters. The summed E-state index contributed by atoms with van der Waals surface area (Å²) in [5.74, 6) is -1.31. The fourth-order valence-electron chi connectivity index (χ4n) is 1.22. The first-order valence-electron chi connectivity index (χ1n) is 4.14. The quantitative estimate of drug-likeness (QED) is 0.675. The first-order chi connectivity index (χ1) is 6.77. The van der Waals surface area contributed by atoms with E-state index >= 15 is 0 Å². The van der Waals surface area contributed by atoms with Crippen molar-refractivity contribution in [2.24, 2.45) is 0 Å². The molecular formula is C11H7F2N. The van der Waals surface area contributed by atoms with E-state index in [1.54, 1.807) is 24.3 Å². The Bertz CT molecular complexity index is 440. The predicted octanol–water partition coefficient (Wildman–Crippen LogP) is 3.03. The Labute approximate surface area is 80.0 Å². The Morgan fingerprint density at radius 1 is 1.00 bits per heavy atom. The van der Waals surface area contributed by atoms with Crippen LogP contribution in [0, 0.1) is 11.6 Å². The van der Waals surface area contributed by atoms with Gasteiger partial charge < -0.3 is 0 Å². The van der Waals surface area contributed by atoms with E-state index in [0.29, 0.717) is 5.56 Å². The minimum Gasteiger partial charge on any atom is -0.250 e. The average Bonchev–Trinajstić information content (AvgIpc) is 2.19. The molecule has 1 aromatic carbocycles. The van der Waals surface area contributed by atoms with E-state index in [-0.39, 0.29) is 5.69 Å². The van der Waals surface area contributed by atoms with Gasteiger partial charge in [0, 0.05) is 11.6 Å². The van der Waals surface area contributed by atoms with E-state index in [0.717, 1.165) is 12.3 Å². The summed E-state index contributed by atoms with van der Waals surface area (Å²) in [6, 6.07) is 9.66. The third-order valence-corrected chi connectivity index (χ3v) is 1.86. The van der Waals surface area contributed by atoms with Gasteiger partial charge >= 0.3 is 0 Å². The Morgan fingerprint density at radius 2 is 1.71 bits per heavy atom. The van der Waals surface area contributed by atoms with Crippen LogP contribution in [-0.4, -0.2) is 4.98 Å². The number of pyridine rings is 1. The van der Waals surface area contributed by atoms with Crippen molar-refractivity contribution in [1.82, 2.24) is 4.98 Å². The van der Waals surface area contributed by atoms with Crippen molar-refractivity contribution in [3.63, 3.8) is 0 Å². The number of halogens is 2. The average molecular weight is 191 g/mol. The smallest absolute Gasteiger partial charge is 0.152 e. The van der Waals surface area contributed by atoms with Gasteiger partial charge in [-0.05, 0) is 0 Å². The van der Waals surface area contributed by atoms with Crippen LogP contribution < -0.4 is 0 Å². The molecule has 2 aromatic rings. The topological polar surface area (TPSA) is 12.9 Å². The summed E-state index contributed by atoms with van der Waals surface area (Å²) in [4.78, 5) is 3.70. The second kappa shape index (κ2) is 3.54. The molecule has 70 valence electrons. The van der Waals surface area contributed by atoms with Crippen molar-refractivity contribution in [3.05, 3.63) is 54.2 Å². The molecule has 1 nitrogen and oxygen atoms in total. The van der Waals surface area contributed by atoms with E-state index in [2.05, 4.69) is 4.98 Å². The molecule has 1 heterocycles. The van der Waals surface area contributed by atoms with Gasteiger partial charge in [-0.25, -0.2) is 8.78 Å². The number of hydrogen-bond donors (Lipinski definition) is 0. The van der Waals surface area contributed by atoms with Gasteiger partial charge in [0.05, 0.1) is 6.20 Å². The first-order valence-corrected chi connectivity index (χ1v) is 4.14. The maximum atomic E-state index is 13.2. The van der Waals surface area contributed by atoms with Crippen LogP contribution in [0.2, 0.25) is 0 Å². The molecule has 0 N–H and O–H groups in total. The number of hydrogen-bond acceptors (Lipinski definition) is 1. The lowest BCUT2D eigenvalue weighted by Crippen LogP contribution is -1.90. The van der Waals surface area contributed by atoms with Crippen LogP contribution in [0.1, 0.15) is 0 Å². The number of benzene rings is 1. The lowest BCUT2D eigenvalue weighted by Gasteiger charge is -2.01. The molecule has 0 spiro atoms. The van der Waals surface area contributed by atoms with Crippen LogP contribution in [0.3, 0.4) is 0 Å². The SMILES string of the molecule is Fc1cnc(-c2ccccc2)c(F)c1. The van der Waals surface area contributed by atoms with Gasteiger partial charge in [0.25, 0.3) is 0 Å². The largest absolute Gasteiger partial charge is 0.250 e. The van der Waals surface area contributed by atoms with E-state index in [1.165, 1.54) is 0 Å². The molecule has 1 aromatic heterocycles.